The lowest BCUT2D eigenvalue weighted by atomic mass is 10.0. The second-order valence-corrected chi connectivity index (χ2v) is 6.12. The summed E-state index contributed by atoms with van der Waals surface area (Å²) in [6, 6.07) is 7.29. The molecule has 0 saturated carbocycles. The fourth-order valence-corrected chi connectivity index (χ4v) is 2.16. The van der Waals surface area contributed by atoms with Crippen molar-refractivity contribution in [3.8, 4) is 5.75 Å². The van der Waals surface area contributed by atoms with Gasteiger partial charge in [-0.05, 0) is 26.8 Å². The van der Waals surface area contributed by atoms with Crippen LogP contribution in [0.4, 0.5) is 4.79 Å². The van der Waals surface area contributed by atoms with Crippen LogP contribution in [0.25, 0.3) is 6.08 Å². The molecule has 1 aliphatic heterocycles. The molecule has 1 unspecified atom stereocenters. The van der Waals surface area contributed by atoms with E-state index in [0.29, 0.717) is 6.42 Å². The Balaban J connectivity index is 2.08. The minimum atomic E-state index is -0.621. The first-order chi connectivity index (χ1) is 10.3. The van der Waals surface area contributed by atoms with E-state index < -0.39 is 11.7 Å². The Labute approximate surface area is 130 Å². The number of benzene rings is 1. The van der Waals surface area contributed by atoms with Gasteiger partial charge in [0.1, 0.15) is 11.4 Å². The minimum absolute atomic E-state index is 0.219. The molecule has 5 nitrogen and oxygen atoms in total. The molecule has 1 aromatic rings. The molecule has 1 saturated heterocycles. The van der Waals surface area contributed by atoms with Crippen LogP contribution in [0.3, 0.4) is 0 Å². The van der Waals surface area contributed by atoms with Crippen molar-refractivity contribution in [2.45, 2.75) is 38.8 Å². The van der Waals surface area contributed by atoms with Gasteiger partial charge in [0.2, 0.25) is 5.91 Å². The lowest BCUT2D eigenvalue weighted by molar-refractivity contribution is -0.141. The van der Waals surface area contributed by atoms with Crippen molar-refractivity contribution >= 4 is 18.1 Å². The van der Waals surface area contributed by atoms with Crippen LogP contribution in [-0.2, 0) is 9.53 Å². The summed E-state index contributed by atoms with van der Waals surface area (Å²) in [5.41, 5.74) is 0.276. The van der Waals surface area contributed by atoms with Crippen LogP contribution in [0.1, 0.15) is 32.8 Å². The van der Waals surface area contributed by atoms with Crippen molar-refractivity contribution < 1.29 is 19.1 Å². The zero-order valence-corrected chi connectivity index (χ0v) is 13.3. The zero-order chi connectivity index (χ0) is 16.3. The number of carbonyl (C=O) groups excluding carboxylic acids is 2. The average Bonchev–Trinajstić information content (AvgIpc) is 2.41. The largest absolute Gasteiger partial charge is 0.496 e. The third-order valence-corrected chi connectivity index (χ3v) is 3.21. The Morgan fingerprint density at radius 2 is 2.00 bits per heavy atom. The van der Waals surface area contributed by atoms with Gasteiger partial charge >= 0.3 is 6.09 Å². The van der Waals surface area contributed by atoms with Gasteiger partial charge in [0.25, 0.3) is 0 Å². The van der Waals surface area contributed by atoms with Crippen molar-refractivity contribution in [3.63, 3.8) is 0 Å². The Morgan fingerprint density at radius 1 is 1.32 bits per heavy atom. The molecular formula is C17H21NO4. The summed E-state index contributed by atoms with van der Waals surface area (Å²) in [4.78, 5) is 24.8. The maximum atomic E-state index is 12.0. The first kappa shape index (κ1) is 16.1. The molecule has 22 heavy (non-hydrogen) atoms. The molecule has 1 aromatic carbocycles. The molecule has 5 heteroatoms. The van der Waals surface area contributed by atoms with E-state index in [1.807, 2.05) is 36.4 Å². The summed E-state index contributed by atoms with van der Waals surface area (Å²) < 4.78 is 10.5. The summed E-state index contributed by atoms with van der Waals surface area (Å²) in [7, 11) is 1.60. The molecule has 0 spiro atoms. The number of rotatable bonds is 3. The maximum Gasteiger partial charge on any atom is 0.417 e. The summed E-state index contributed by atoms with van der Waals surface area (Å²) in [5, 5.41) is 0. The summed E-state index contributed by atoms with van der Waals surface area (Å²) in [5.74, 6) is 0.525. The van der Waals surface area contributed by atoms with Crippen LogP contribution in [0.5, 0.6) is 5.75 Å². The Hall–Kier alpha value is -2.30. The first-order valence-corrected chi connectivity index (χ1v) is 7.18. The van der Waals surface area contributed by atoms with E-state index in [1.165, 1.54) is 0 Å². The number of hydrogen-bond donors (Lipinski definition) is 0. The number of amides is 2. The molecule has 0 aliphatic carbocycles. The van der Waals surface area contributed by atoms with Crippen LogP contribution in [-0.4, -0.2) is 35.7 Å². The van der Waals surface area contributed by atoms with E-state index in [-0.39, 0.29) is 11.9 Å². The van der Waals surface area contributed by atoms with Gasteiger partial charge in [-0.15, -0.1) is 0 Å². The summed E-state index contributed by atoms with van der Waals surface area (Å²) >= 11 is 0. The van der Waals surface area contributed by atoms with Gasteiger partial charge in [0, 0.05) is 5.56 Å². The number of nitrogens with zero attached hydrogens (tertiary/aromatic N) is 1. The number of imide groups is 1. The van der Waals surface area contributed by atoms with Crippen molar-refractivity contribution in [1.82, 2.24) is 4.90 Å². The standard InChI is InChI=1S/C17H21NO4/c1-17(2,3)22-16(20)18-13(11-15(18)19)10-9-12-7-5-6-8-14(12)21-4/h5-10,13H,11H2,1-4H3/b10-9+. The number of methoxy groups -OCH3 is 1. The molecule has 0 radical (unpaired) electrons. The molecular weight excluding hydrogens is 282 g/mol. The van der Waals surface area contributed by atoms with Crippen LogP contribution < -0.4 is 4.74 Å². The van der Waals surface area contributed by atoms with Gasteiger partial charge < -0.3 is 9.47 Å². The third kappa shape index (κ3) is 3.67. The van der Waals surface area contributed by atoms with Gasteiger partial charge in [0.15, 0.2) is 0 Å². The topological polar surface area (TPSA) is 55.8 Å². The molecule has 1 aliphatic rings. The molecule has 0 N–H and O–H groups in total. The fourth-order valence-electron chi connectivity index (χ4n) is 2.16. The molecule has 1 atom stereocenters. The van der Waals surface area contributed by atoms with Gasteiger partial charge in [-0.25, -0.2) is 9.69 Å². The number of β-lactam (4-membered cyclic amide) rings is 1. The van der Waals surface area contributed by atoms with E-state index in [0.717, 1.165) is 16.2 Å². The van der Waals surface area contributed by atoms with E-state index in [4.69, 9.17) is 9.47 Å². The molecule has 2 amide bonds. The van der Waals surface area contributed by atoms with Crippen LogP contribution in [0.2, 0.25) is 0 Å². The number of ether oxygens (including phenoxy) is 2. The SMILES string of the molecule is COc1ccccc1/C=C/C1CC(=O)N1C(=O)OC(C)(C)C. The van der Waals surface area contributed by atoms with Crippen LogP contribution in [0.15, 0.2) is 30.3 Å². The lowest BCUT2D eigenvalue weighted by Gasteiger charge is -2.37. The highest BCUT2D eigenvalue weighted by Gasteiger charge is 2.41. The van der Waals surface area contributed by atoms with Gasteiger partial charge in [-0.1, -0.05) is 30.4 Å². The van der Waals surface area contributed by atoms with Crippen molar-refractivity contribution in [1.29, 1.82) is 0 Å². The van der Waals surface area contributed by atoms with Crippen molar-refractivity contribution in [2.75, 3.05) is 7.11 Å². The fraction of sp³-hybridized carbons (Fsp3) is 0.412. The second-order valence-electron chi connectivity index (χ2n) is 6.12. The average molecular weight is 303 g/mol. The van der Waals surface area contributed by atoms with E-state index in [1.54, 1.807) is 27.9 Å². The normalized spacial score (nSPS) is 18.3. The first-order valence-electron chi connectivity index (χ1n) is 7.18. The maximum absolute atomic E-state index is 12.0. The van der Waals surface area contributed by atoms with E-state index in [9.17, 15) is 9.59 Å². The predicted molar refractivity (Wildman–Crippen MR) is 83.5 cm³/mol. The molecule has 2 rings (SSSR count). The second kappa shape index (κ2) is 6.22. The molecule has 118 valence electrons. The molecule has 0 aromatic heterocycles. The quantitative estimate of drug-likeness (QED) is 0.804. The van der Waals surface area contributed by atoms with Gasteiger partial charge in [0.05, 0.1) is 19.6 Å². The molecule has 0 bridgehead atoms. The highest BCUT2D eigenvalue weighted by molar-refractivity contribution is 5.98. The molecule has 1 heterocycles. The number of para-hydroxylation sites is 1. The zero-order valence-electron chi connectivity index (χ0n) is 13.3. The minimum Gasteiger partial charge on any atom is -0.496 e. The third-order valence-electron chi connectivity index (χ3n) is 3.21. The summed E-state index contributed by atoms with van der Waals surface area (Å²) in [6.45, 7) is 5.32. The van der Waals surface area contributed by atoms with Gasteiger partial charge in [-0.3, -0.25) is 4.79 Å². The Kier molecular flexibility index (Phi) is 4.54. The number of likely N-dealkylation sites (tertiary alicyclic amines) is 1. The Bertz CT molecular complexity index is 601. The highest BCUT2D eigenvalue weighted by Crippen LogP contribution is 2.26. The van der Waals surface area contributed by atoms with E-state index in [2.05, 4.69) is 0 Å². The molecule has 1 fully saturated rings. The lowest BCUT2D eigenvalue weighted by Crippen LogP contribution is -2.55. The van der Waals surface area contributed by atoms with Crippen LogP contribution in [0, 0.1) is 0 Å². The smallest absolute Gasteiger partial charge is 0.417 e. The highest BCUT2D eigenvalue weighted by atomic mass is 16.6. The Morgan fingerprint density at radius 3 is 2.59 bits per heavy atom. The number of carbonyl (C=O) groups is 2. The van der Waals surface area contributed by atoms with Crippen molar-refractivity contribution in [2.24, 2.45) is 0 Å². The summed E-state index contributed by atoms with van der Waals surface area (Å²) in [6.07, 6.45) is 3.39. The van der Waals surface area contributed by atoms with E-state index >= 15 is 0 Å². The van der Waals surface area contributed by atoms with Crippen molar-refractivity contribution in [3.05, 3.63) is 35.9 Å². The predicted octanol–water partition coefficient (Wildman–Crippen LogP) is 3.24. The van der Waals surface area contributed by atoms with Crippen LogP contribution >= 0.6 is 0 Å². The number of hydrogen-bond acceptors (Lipinski definition) is 4. The van der Waals surface area contributed by atoms with Gasteiger partial charge in [-0.2, -0.15) is 0 Å². The monoisotopic (exact) mass is 303 g/mol.